The molecule has 5 nitrogen and oxygen atoms in total. The van der Waals surface area contributed by atoms with Crippen LogP contribution in [0.4, 0.5) is 0 Å². The second-order valence-electron chi connectivity index (χ2n) is 8.33. The van der Waals surface area contributed by atoms with Gasteiger partial charge in [-0.2, -0.15) is 0 Å². The first-order chi connectivity index (χ1) is 15.1. The highest BCUT2D eigenvalue weighted by Crippen LogP contribution is 2.34. The van der Waals surface area contributed by atoms with Crippen LogP contribution in [-0.2, 0) is 24.3 Å². The van der Waals surface area contributed by atoms with E-state index in [1.165, 1.54) is 5.56 Å². The van der Waals surface area contributed by atoms with Crippen molar-refractivity contribution >= 4 is 28.4 Å². The van der Waals surface area contributed by atoms with Crippen LogP contribution in [0.15, 0.2) is 42.5 Å². The highest BCUT2D eigenvalue weighted by atomic mass is 35.5. The lowest BCUT2D eigenvalue weighted by Gasteiger charge is -2.32. The second kappa shape index (κ2) is 8.39. The minimum atomic E-state index is 0.105. The molecule has 3 aromatic rings. The summed E-state index contributed by atoms with van der Waals surface area (Å²) in [5, 5.41) is 1.51. The molecule has 0 spiro atoms. The predicted octanol–water partition coefficient (Wildman–Crippen LogP) is 5.51. The van der Waals surface area contributed by atoms with Gasteiger partial charge in [-0.3, -0.25) is 4.79 Å². The number of hydrogen-bond acceptors (Lipinski definition) is 4. The number of carbonyl (C=O) groups is 1. The molecule has 1 aromatic heterocycles. The first-order valence-corrected chi connectivity index (χ1v) is 11.2. The van der Waals surface area contributed by atoms with Crippen molar-refractivity contribution in [1.82, 2.24) is 9.88 Å². The molecule has 31 heavy (non-hydrogen) atoms. The zero-order valence-electron chi connectivity index (χ0n) is 17.6. The molecule has 2 aliphatic rings. The van der Waals surface area contributed by atoms with Crippen LogP contribution in [0.25, 0.3) is 10.9 Å². The molecule has 0 atom stereocenters. The SMILES string of the molecule is CCc1ccc2nc(Cl)c(CN(Cc3ccc4c(c3)OCO4)C(=O)C3CCC3)cc2c1. The third-order valence-corrected chi connectivity index (χ3v) is 6.58. The van der Waals surface area contributed by atoms with Crippen LogP contribution in [0, 0.1) is 5.92 Å². The van der Waals surface area contributed by atoms with Crippen LogP contribution in [0.5, 0.6) is 11.5 Å². The number of halogens is 1. The molecule has 5 rings (SSSR count). The molecule has 0 unspecified atom stereocenters. The molecule has 0 N–H and O–H groups in total. The molecular formula is C25H25ClN2O3. The summed E-state index contributed by atoms with van der Waals surface area (Å²) in [4.78, 5) is 19.7. The van der Waals surface area contributed by atoms with Crippen LogP contribution in [-0.4, -0.2) is 22.6 Å². The summed E-state index contributed by atoms with van der Waals surface area (Å²) in [5.74, 6) is 1.76. The van der Waals surface area contributed by atoms with Gasteiger partial charge in [-0.25, -0.2) is 4.98 Å². The molecule has 1 fully saturated rings. The van der Waals surface area contributed by atoms with Crippen molar-refractivity contribution in [1.29, 1.82) is 0 Å². The van der Waals surface area contributed by atoms with E-state index in [1.54, 1.807) is 0 Å². The molecule has 2 heterocycles. The molecule has 0 bridgehead atoms. The Morgan fingerprint density at radius 3 is 2.65 bits per heavy atom. The van der Waals surface area contributed by atoms with Gasteiger partial charge in [-0.15, -0.1) is 0 Å². The van der Waals surface area contributed by atoms with Crippen molar-refractivity contribution in [3.8, 4) is 11.5 Å². The Kier molecular flexibility index (Phi) is 5.45. The molecule has 1 aliphatic carbocycles. The zero-order valence-corrected chi connectivity index (χ0v) is 18.3. The molecule has 0 saturated heterocycles. The smallest absolute Gasteiger partial charge is 0.231 e. The Morgan fingerprint density at radius 1 is 1.06 bits per heavy atom. The van der Waals surface area contributed by atoms with E-state index in [-0.39, 0.29) is 18.6 Å². The van der Waals surface area contributed by atoms with Crippen LogP contribution >= 0.6 is 11.6 Å². The summed E-state index contributed by atoms with van der Waals surface area (Å²) in [6.45, 7) is 3.30. The number of aromatic nitrogens is 1. The molecule has 160 valence electrons. The summed E-state index contributed by atoms with van der Waals surface area (Å²) in [6.07, 6.45) is 4.00. The molecule has 2 aromatic carbocycles. The summed E-state index contributed by atoms with van der Waals surface area (Å²) in [6, 6.07) is 14.2. The lowest BCUT2D eigenvalue weighted by molar-refractivity contribution is -0.139. The summed E-state index contributed by atoms with van der Waals surface area (Å²) in [5.41, 5.74) is 4.01. The predicted molar refractivity (Wildman–Crippen MR) is 120 cm³/mol. The molecule has 0 radical (unpaired) electrons. The van der Waals surface area contributed by atoms with Crippen molar-refractivity contribution in [3.05, 3.63) is 64.3 Å². The molecular weight excluding hydrogens is 412 g/mol. The van der Waals surface area contributed by atoms with Crippen molar-refractivity contribution in [2.75, 3.05) is 6.79 Å². The summed E-state index contributed by atoms with van der Waals surface area (Å²) < 4.78 is 10.9. The van der Waals surface area contributed by atoms with Crippen LogP contribution in [0.3, 0.4) is 0 Å². The number of nitrogens with zero attached hydrogens (tertiary/aromatic N) is 2. The van der Waals surface area contributed by atoms with E-state index >= 15 is 0 Å². The molecule has 1 aliphatic heterocycles. The number of hydrogen-bond donors (Lipinski definition) is 0. The topological polar surface area (TPSA) is 51.7 Å². The fourth-order valence-electron chi connectivity index (χ4n) is 4.17. The Balaban J connectivity index is 1.45. The van der Waals surface area contributed by atoms with Crippen LogP contribution < -0.4 is 9.47 Å². The number of amides is 1. The second-order valence-corrected chi connectivity index (χ2v) is 8.69. The lowest BCUT2D eigenvalue weighted by Crippen LogP contribution is -2.38. The quantitative estimate of drug-likeness (QED) is 0.478. The maximum absolute atomic E-state index is 13.2. The Labute approximate surface area is 186 Å². The minimum Gasteiger partial charge on any atom is -0.454 e. The van der Waals surface area contributed by atoms with Gasteiger partial charge in [0.2, 0.25) is 12.7 Å². The van der Waals surface area contributed by atoms with Crippen LogP contribution in [0.2, 0.25) is 5.15 Å². The van der Waals surface area contributed by atoms with Gasteiger partial charge in [0.15, 0.2) is 11.5 Å². The van der Waals surface area contributed by atoms with Gasteiger partial charge in [0.25, 0.3) is 0 Å². The Hall–Kier alpha value is -2.79. The number of benzene rings is 2. The van der Waals surface area contributed by atoms with Gasteiger partial charge < -0.3 is 14.4 Å². The van der Waals surface area contributed by atoms with Gasteiger partial charge in [0.05, 0.1) is 5.52 Å². The first-order valence-electron chi connectivity index (χ1n) is 10.9. The molecule has 6 heteroatoms. The number of rotatable bonds is 6. The Morgan fingerprint density at radius 2 is 1.87 bits per heavy atom. The van der Waals surface area contributed by atoms with Crippen molar-refractivity contribution in [2.24, 2.45) is 5.92 Å². The van der Waals surface area contributed by atoms with Gasteiger partial charge in [0.1, 0.15) is 5.15 Å². The van der Waals surface area contributed by atoms with Crippen molar-refractivity contribution in [2.45, 2.75) is 45.7 Å². The Bertz CT molecular complexity index is 1140. The third kappa shape index (κ3) is 4.07. The number of fused-ring (bicyclic) bond motifs is 2. The lowest BCUT2D eigenvalue weighted by atomic mass is 9.84. The van der Waals surface area contributed by atoms with Gasteiger partial charge in [-0.05, 0) is 60.7 Å². The number of carbonyl (C=O) groups excluding carboxylic acids is 1. The third-order valence-electron chi connectivity index (χ3n) is 6.25. The number of ether oxygens (including phenoxy) is 2. The van der Waals surface area contributed by atoms with E-state index in [4.69, 9.17) is 21.1 Å². The number of aryl methyl sites for hydroxylation is 1. The fourth-order valence-corrected chi connectivity index (χ4v) is 4.37. The summed E-state index contributed by atoms with van der Waals surface area (Å²) >= 11 is 6.55. The van der Waals surface area contributed by atoms with E-state index < -0.39 is 0 Å². The van der Waals surface area contributed by atoms with Crippen LogP contribution in [0.1, 0.15) is 42.9 Å². The zero-order chi connectivity index (χ0) is 21.4. The first kappa shape index (κ1) is 20.1. The monoisotopic (exact) mass is 436 g/mol. The maximum atomic E-state index is 13.2. The van der Waals surface area contributed by atoms with E-state index in [1.807, 2.05) is 29.2 Å². The average Bonchev–Trinajstić information content (AvgIpc) is 3.20. The highest BCUT2D eigenvalue weighted by molar-refractivity contribution is 6.30. The van der Waals surface area contributed by atoms with E-state index in [0.29, 0.717) is 18.2 Å². The standard InChI is InChI=1S/C25H25ClN2O3/c1-2-16-6-8-21-19(10-16)12-20(24(26)27-21)14-28(25(29)18-4-3-5-18)13-17-7-9-22-23(11-17)31-15-30-22/h6-12,18H,2-5,13-15H2,1H3. The van der Waals surface area contributed by atoms with Gasteiger partial charge >= 0.3 is 0 Å². The van der Waals surface area contributed by atoms with Gasteiger partial charge in [0, 0.05) is 30.0 Å². The fraction of sp³-hybridized carbons (Fsp3) is 0.360. The van der Waals surface area contributed by atoms with Crippen molar-refractivity contribution in [3.63, 3.8) is 0 Å². The van der Waals surface area contributed by atoms with E-state index in [2.05, 4.69) is 30.1 Å². The van der Waals surface area contributed by atoms with E-state index in [9.17, 15) is 4.79 Å². The average molecular weight is 437 g/mol. The number of pyridine rings is 1. The highest BCUT2D eigenvalue weighted by Gasteiger charge is 2.30. The normalized spacial score (nSPS) is 15.2. The minimum absolute atomic E-state index is 0.105. The molecule has 1 saturated carbocycles. The maximum Gasteiger partial charge on any atom is 0.231 e. The summed E-state index contributed by atoms with van der Waals surface area (Å²) in [7, 11) is 0. The van der Waals surface area contributed by atoms with Crippen molar-refractivity contribution < 1.29 is 14.3 Å². The van der Waals surface area contributed by atoms with E-state index in [0.717, 1.165) is 59.2 Å². The molecule has 1 amide bonds. The van der Waals surface area contributed by atoms with Gasteiger partial charge in [-0.1, -0.05) is 37.1 Å². The largest absolute Gasteiger partial charge is 0.454 e.